The average molecular weight is 470 g/mol. The lowest BCUT2D eigenvalue weighted by Gasteiger charge is -2.25. The Kier molecular flexibility index (Phi) is 7.28. The van der Waals surface area contributed by atoms with Gasteiger partial charge >= 0.3 is 0 Å². The lowest BCUT2D eigenvalue weighted by Crippen LogP contribution is -2.21. The van der Waals surface area contributed by atoms with Crippen LogP contribution in [0.5, 0.6) is 0 Å². The predicted molar refractivity (Wildman–Crippen MR) is 144 cm³/mol. The minimum atomic E-state index is -0.136. The Hall–Kier alpha value is -3.38. The van der Waals surface area contributed by atoms with Crippen molar-refractivity contribution in [3.05, 3.63) is 67.0 Å². The maximum Gasteiger partial charge on any atom is 0.224 e. The van der Waals surface area contributed by atoms with Crippen molar-refractivity contribution in [2.24, 2.45) is 5.92 Å². The molecule has 0 saturated heterocycles. The Morgan fingerprint density at radius 3 is 2.46 bits per heavy atom. The first kappa shape index (κ1) is 23.4. The Morgan fingerprint density at radius 1 is 0.971 bits per heavy atom. The zero-order valence-corrected chi connectivity index (χ0v) is 20.5. The summed E-state index contributed by atoms with van der Waals surface area (Å²) in [6, 6.07) is 18.8. The first-order chi connectivity index (χ1) is 17.2. The first-order valence-electron chi connectivity index (χ1n) is 12.9. The zero-order chi connectivity index (χ0) is 24.0. The number of aliphatic hydroxyl groups is 1. The lowest BCUT2D eigenvalue weighted by molar-refractivity contribution is 0.104. The van der Waals surface area contributed by atoms with Crippen molar-refractivity contribution in [3.63, 3.8) is 0 Å². The number of unbranched alkanes of at least 4 members (excludes halogenated alkanes) is 1. The van der Waals surface area contributed by atoms with Crippen LogP contribution in [0.1, 0.15) is 45.4 Å². The summed E-state index contributed by atoms with van der Waals surface area (Å²) in [5, 5.41) is 17.8. The van der Waals surface area contributed by atoms with Crippen LogP contribution in [0.3, 0.4) is 0 Å². The summed E-state index contributed by atoms with van der Waals surface area (Å²) in [6.45, 7) is 3.99. The van der Waals surface area contributed by atoms with Gasteiger partial charge in [-0.3, -0.25) is 0 Å². The number of benzene rings is 2. The number of para-hydroxylation sites is 1. The summed E-state index contributed by atoms with van der Waals surface area (Å²) < 4.78 is 2.30. The van der Waals surface area contributed by atoms with Crippen molar-refractivity contribution in [2.75, 3.05) is 17.2 Å². The zero-order valence-electron chi connectivity index (χ0n) is 20.5. The molecule has 6 nitrogen and oxygen atoms in total. The number of nitrogens with zero attached hydrogens (tertiary/aromatic N) is 3. The number of aromatic nitrogens is 3. The van der Waals surface area contributed by atoms with Gasteiger partial charge in [-0.2, -0.15) is 4.98 Å². The molecule has 5 rings (SSSR count). The van der Waals surface area contributed by atoms with Gasteiger partial charge in [-0.05, 0) is 67.9 Å². The molecule has 1 fully saturated rings. The standard InChI is InChI=1S/C29H35N5O/c1-2-3-17-30-29-31-18-26-27(20-34(28(26)33-29)19-21-9-15-25(35)16-10-21)22-11-13-24(14-12-22)32-23-7-5-4-6-8-23/h4-8,11-14,18,20-21,25,32,35H,2-3,9-10,15-17,19H2,1H3,(H,30,31,33). The van der Waals surface area contributed by atoms with Gasteiger partial charge in [-0.1, -0.05) is 43.7 Å². The van der Waals surface area contributed by atoms with Crippen LogP contribution < -0.4 is 10.6 Å². The summed E-state index contributed by atoms with van der Waals surface area (Å²) >= 11 is 0. The molecule has 1 aliphatic rings. The Labute approximate surface area is 207 Å². The van der Waals surface area contributed by atoms with Gasteiger partial charge in [-0.15, -0.1) is 0 Å². The molecule has 6 heteroatoms. The monoisotopic (exact) mass is 469 g/mol. The number of fused-ring (bicyclic) bond motifs is 1. The molecule has 0 spiro atoms. The molecule has 0 atom stereocenters. The first-order valence-corrected chi connectivity index (χ1v) is 12.9. The molecule has 2 aromatic carbocycles. The Balaban J connectivity index is 1.43. The van der Waals surface area contributed by atoms with E-state index in [1.165, 1.54) is 0 Å². The highest BCUT2D eigenvalue weighted by molar-refractivity contribution is 5.94. The van der Waals surface area contributed by atoms with E-state index in [1.807, 2.05) is 24.4 Å². The quantitative estimate of drug-likeness (QED) is 0.241. The number of rotatable bonds is 9. The molecule has 1 aliphatic carbocycles. The molecule has 0 aliphatic heterocycles. The van der Waals surface area contributed by atoms with Crippen molar-refractivity contribution in [1.82, 2.24) is 14.5 Å². The maximum absolute atomic E-state index is 9.93. The van der Waals surface area contributed by atoms with Crippen molar-refractivity contribution >= 4 is 28.4 Å². The molecule has 182 valence electrons. The molecule has 0 bridgehead atoms. The summed E-state index contributed by atoms with van der Waals surface area (Å²) in [5.74, 6) is 1.25. The van der Waals surface area contributed by atoms with Crippen LogP contribution in [-0.2, 0) is 6.54 Å². The molecule has 35 heavy (non-hydrogen) atoms. The largest absolute Gasteiger partial charge is 0.393 e. The smallest absolute Gasteiger partial charge is 0.224 e. The predicted octanol–water partition coefficient (Wildman–Crippen LogP) is 6.61. The number of hydrogen-bond donors (Lipinski definition) is 3. The van der Waals surface area contributed by atoms with Crippen LogP contribution in [0.4, 0.5) is 17.3 Å². The highest BCUT2D eigenvalue weighted by Crippen LogP contribution is 2.33. The lowest BCUT2D eigenvalue weighted by atomic mass is 9.87. The second kappa shape index (κ2) is 10.9. The van der Waals surface area contributed by atoms with Crippen molar-refractivity contribution in [3.8, 4) is 11.1 Å². The Morgan fingerprint density at radius 2 is 1.71 bits per heavy atom. The third kappa shape index (κ3) is 5.65. The fourth-order valence-electron chi connectivity index (χ4n) is 4.93. The van der Waals surface area contributed by atoms with Gasteiger partial charge in [0, 0.05) is 47.8 Å². The summed E-state index contributed by atoms with van der Waals surface area (Å²) in [5.41, 5.74) is 5.42. The van der Waals surface area contributed by atoms with E-state index in [2.05, 4.69) is 69.7 Å². The molecular formula is C29H35N5O. The fourth-order valence-corrected chi connectivity index (χ4v) is 4.93. The van der Waals surface area contributed by atoms with E-state index < -0.39 is 0 Å². The van der Waals surface area contributed by atoms with Crippen LogP contribution in [0, 0.1) is 5.92 Å². The number of nitrogens with one attached hydrogen (secondary N) is 2. The Bertz CT molecular complexity index is 1230. The second-order valence-corrected chi connectivity index (χ2v) is 9.65. The SMILES string of the molecule is CCCCNc1ncc2c(-c3ccc(Nc4ccccc4)cc3)cn(CC3CCC(O)CC3)c2n1. The van der Waals surface area contributed by atoms with E-state index in [-0.39, 0.29) is 6.10 Å². The number of aliphatic hydroxyl groups excluding tert-OH is 1. The van der Waals surface area contributed by atoms with Crippen molar-refractivity contribution in [2.45, 2.75) is 58.1 Å². The van der Waals surface area contributed by atoms with E-state index in [1.54, 1.807) is 0 Å². The molecule has 3 N–H and O–H groups in total. The molecule has 4 aromatic rings. The van der Waals surface area contributed by atoms with Gasteiger partial charge in [0.05, 0.1) is 6.10 Å². The van der Waals surface area contributed by atoms with Gasteiger partial charge in [-0.25, -0.2) is 4.98 Å². The molecule has 1 saturated carbocycles. The van der Waals surface area contributed by atoms with Gasteiger partial charge in [0.1, 0.15) is 5.65 Å². The third-order valence-corrected chi connectivity index (χ3v) is 6.96. The highest BCUT2D eigenvalue weighted by Gasteiger charge is 2.22. The molecule has 0 unspecified atom stereocenters. The summed E-state index contributed by atoms with van der Waals surface area (Å²) in [6.07, 6.45) is 10.2. The van der Waals surface area contributed by atoms with Gasteiger partial charge in [0.25, 0.3) is 0 Å². The number of anilines is 3. The van der Waals surface area contributed by atoms with E-state index in [9.17, 15) is 5.11 Å². The van der Waals surface area contributed by atoms with Gasteiger partial charge < -0.3 is 20.3 Å². The van der Waals surface area contributed by atoms with Crippen molar-refractivity contribution < 1.29 is 5.11 Å². The summed E-state index contributed by atoms with van der Waals surface area (Å²) in [7, 11) is 0. The fraction of sp³-hybridized carbons (Fsp3) is 0.379. The average Bonchev–Trinajstić information content (AvgIpc) is 3.24. The molecule has 2 aromatic heterocycles. The highest BCUT2D eigenvalue weighted by atomic mass is 16.3. The van der Waals surface area contributed by atoms with Crippen LogP contribution in [0.25, 0.3) is 22.2 Å². The van der Waals surface area contributed by atoms with Crippen LogP contribution in [0.2, 0.25) is 0 Å². The van der Waals surface area contributed by atoms with E-state index >= 15 is 0 Å². The van der Waals surface area contributed by atoms with Crippen molar-refractivity contribution in [1.29, 1.82) is 0 Å². The molecule has 0 amide bonds. The topological polar surface area (TPSA) is 75.0 Å². The maximum atomic E-state index is 9.93. The molecule has 0 radical (unpaired) electrons. The van der Waals surface area contributed by atoms with E-state index in [4.69, 9.17) is 4.98 Å². The van der Waals surface area contributed by atoms with Crippen LogP contribution in [0.15, 0.2) is 67.0 Å². The normalized spacial score (nSPS) is 18.0. The second-order valence-electron chi connectivity index (χ2n) is 9.65. The van der Waals surface area contributed by atoms with E-state index in [0.29, 0.717) is 11.9 Å². The molecule has 2 heterocycles. The number of hydrogen-bond acceptors (Lipinski definition) is 5. The molecular weight excluding hydrogens is 434 g/mol. The van der Waals surface area contributed by atoms with Gasteiger partial charge in [0.15, 0.2) is 0 Å². The van der Waals surface area contributed by atoms with Crippen LogP contribution >= 0.6 is 0 Å². The van der Waals surface area contributed by atoms with Gasteiger partial charge in [0.2, 0.25) is 5.95 Å². The van der Waals surface area contributed by atoms with Crippen LogP contribution in [-0.4, -0.2) is 32.3 Å². The summed E-state index contributed by atoms with van der Waals surface area (Å²) in [4.78, 5) is 9.55. The minimum Gasteiger partial charge on any atom is -0.393 e. The minimum absolute atomic E-state index is 0.136. The van der Waals surface area contributed by atoms with E-state index in [0.717, 1.165) is 85.1 Å². The third-order valence-electron chi connectivity index (χ3n) is 6.96.